The topological polar surface area (TPSA) is 20.3 Å². The molecule has 15 heavy (non-hydrogen) atoms. The van der Waals surface area contributed by atoms with Gasteiger partial charge in [0, 0.05) is 17.2 Å². The quantitative estimate of drug-likeness (QED) is 0.607. The molecule has 1 aliphatic rings. The van der Waals surface area contributed by atoms with Crippen LogP contribution in [0.3, 0.4) is 0 Å². The average Bonchev–Trinajstić information content (AvgIpc) is 2.43. The number of carbonyl (C=O) groups excluding carboxylic acids is 1. The monoisotopic (exact) mass is 315 g/mol. The number of hydrogen-bond acceptors (Lipinski definition) is 1. The average molecular weight is 315 g/mol. The van der Waals surface area contributed by atoms with E-state index in [0.717, 1.165) is 16.5 Å². The van der Waals surface area contributed by atoms with E-state index in [2.05, 4.69) is 35.6 Å². The van der Waals surface area contributed by atoms with E-state index < -0.39 is 0 Å². The predicted octanol–water partition coefficient (Wildman–Crippen LogP) is 2.75. The molecule has 0 saturated carbocycles. The number of fused-ring (bicyclic) bond motifs is 1. The molecule has 0 spiro atoms. The normalized spacial score (nSPS) is 24.5. The summed E-state index contributed by atoms with van der Waals surface area (Å²) in [5, 5.41) is 0. The molecule has 1 aromatic carbocycles. The van der Waals surface area contributed by atoms with E-state index in [-0.39, 0.29) is 11.3 Å². The third-order valence-electron chi connectivity index (χ3n) is 3.23. The summed E-state index contributed by atoms with van der Waals surface area (Å²) < 4.78 is 1.00. The Hall–Kier alpha value is -0.580. The highest BCUT2D eigenvalue weighted by molar-refractivity contribution is 14.1. The zero-order valence-electron chi connectivity index (χ0n) is 8.96. The maximum atomic E-state index is 12.2. The summed E-state index contributed by atoms with van der Waals surface area (Å²) in [6.07, 6.45) is 0.910. The first-order chi connectivity index (χ1) is 7.11. The molecule has 1 heterocycles. The van der Waals surface area contributed by atoms with Crippen molar-refractivity contribution >= 4 is 34.2 Å². The van der Waals surface area contributed by atoms with Crippen LogP contribution in [0.5, 0.6) is 0 Å². The summed E-state index contributed by atoms with van der Waals surface area (Å²) in [4.78, 5) is 14.0. The Morgan fingerprint density at radius 1 is 1.40 bits per heavy atom. The molecular weight excluding hydrogens is 301 g/mol. The molecule has 1 aliphatic heterocycles. The first-order valence-corrected chi connectivity index (χ1v) is 6.57. The van der Waals surface area contributed by atoms with Crippen LogP contribution in [0.25, 0.3) is 0 Å². The molecule has 1 amide bonds. The molecule has 1 atom stereocenters. The summed E-state index contributed by atoms with van der Waals surface area (Å²) >= 11 is 2.33. The summed E-state index contributed by atoms with van der Waals surface area (Å²) in [6.45, 7) is 2.05. The Labute approximate surface area is 104 Å². The number of benzene rings is 1. The molecule has 80 valence electrons. The van der Waals surface area contributed by atoms with E-state index in [0.29, 0.717) is 0 Å². The molecule has 0 aromatic heterocycles. The molecule has 0 N–H and O–H groups in total. The van der Waals surface area contributed by atoms with Crippen LogP contribution in [0.2, 0.25) is 0 Å². The Morgan fingerprint density at radius 2 is 2.07 bits per heavy atom. The van der Waals surface area contributed by atoms with Crippen molar-refractivity contribution in [2.24, 2.45) is 0 Å². The second-order valence-corrected chi connectivity index (χ2v) is 5.23. The number of carbonyl (C=O) groups is 1. The third kappa shape index (κ3) is 1.48. The lowest BCUT2D eigenvalue weighted by Crippen LogP contribution is -2.36. The Balaban J connectivity index is 2.55. The van der Waals surface area contributed by atoms with Gasteiger partial charge in [-0.25, -0.2) is 0 Å². The molecule has 0 bridgehead atoms. The van der Waals surface area contributed by atoms with Crippen LogP contribution < -0.4 is 4.90 Å². The molecule has 0 saturated heterocycles. The van der Waals surface area contributed by atoms with Crippen LogP contribution in [0, 0.1) is 0 Å². The Morgan fingerprint density at radius 3 is 2.73 bits per heavy atom. The second kappa shape index (κ2) is 3.77. The highest BCUT2D eigenvalue weighted by Gasteiger charge is 2.44. The molecule has 0 fully saturated rings. The van der Waals surface area contributed by atoms with Crippen molar-refractivity contribution in [3.8, 4) is 0 Å². The number of likely N-dealkylation sites (N-methyl/N-ethyl adjacent to an activating group) is 1. The summed E-state index contributed by atoms with van der Waals surface area (Å²) in [7, 11) is 1.86. The minimum atomic E-state index is -0.313. The maximum absolute atomic E-state index is 12.2. The molecular formula is C12H14INO. The zero-order chi connectivity index (χ0) is 11.1. The number of amides is 1. The van der Waals surface area contributed by atoms with Crippen LogP contribution >= 0.6 is 22.6 Å². The SMILES string of the molecule is CN1C(=O)C(C)(CCI)c2ccccc21. The van der Waals surface area contributed by atoms with Crippen LogP contribution in [0.15, 0.2) is 24.3 Å². The van der Waals surface area contributed by atoms with E-state index in [9.17, 15) is 4.79 Å². The lowest BCUT2D eigenvalue weighted by Gasteiger charge is -2.21. The van der Waals surface area contributed by atoms with Gasteiger partial charge in [0.2, 0.25) is 5.91 Å². The molecule has 1 unspecified atom stereocenters. The minimum absolute atomic E-state index is 0.223. The van der Waals surface area contributed by atoms with Gasteiger partial charge in [-0.15, -0.1) is 0 Å². The Kier molecular flexibility index (Phi) is 2.75. The maximum Gasteiger partial charge on any atom is 0.237 e. The van der Waals surface area contributed by atoms with E-state index in [1.807, 2.05) is 25.2 Å². The van der Waals surface area contributed by atoms with Crippen molar-refractivity contribution < 1.29 is 4.79 Å². The smallest absolute Gasteiger partial charge is 0.237 e. The van der Waals surface area contributed by atoms with Gasteiger partial charge in [0.25, 0.3) is 0 Å². The number of para-hydroxylation sites is 1. The fourth-order valence-electron chi connectivity index (χ4n) is 2.26. The standard InChI is InChI=1S/C12H14INO/c1-12(7-8-13)9-5-3-4-6-10(9)14(2)11(12)15/h3-6H,7-8H2,1-2H3. The van der Waals surface area contributed by atoms with Crippen molar-refractivity contribution in [1.82, 2.24) is 0 Å². The lowest BCUT2D eigenvalue weighted by molar-refractivity contribution is -0.122. The van der Waals surface area contributed by atoms with Crippen molar-refractivity contribution in [2.45, 2.75) is 18.8 Å². The number of nitrogens with zero attached hydrogens (tertiary/aromatic N) is 1. The summed E-state index contributed by atoms with van der Waals surface area (Å²) in [5.41, 5.74) is 1.93. The number of hydrogen-bond donors (Lipinski definition) is 0. The van der Waals surface area contributed by atoms with E-state index in [1.54, 1.807) is 4.90 Å². The minimum Gasteiger partial charge on any atom is -0.314 e. The van der Waals surface area contributed by atoms with Crippen molar-refractivity contribution in [2.75, 3.05) is 16.4 Å². The van der Waals surface area contributed by atoms with E-state index >= 15 is 0 Å². The van der Waals surface area contributed by atoms with E-state index in [4.69, 9.17) is 0 Å². The van der Waals surface area contributed by atoms with Crippen LogP contribution in [-0.4, -0.2) is 17.4 Å². The lowest BCUT2D eigenvalue weighted by atomic mass is 9.81. The van der Waals surface area contributed by atoms with Gasteiger partial charge < -0.3 is 4.90 Å². The first-order valence-electron chi connectivity index (χ1n) is 5.05. The van der Waals surface area contributed by atoms with Crippen LogP contribution in [0.1, 0.15) is 18.9 Å². The van der Waals surface area contributed by atoms with Gasteiger partial charge in [0.05, 0.1) is 5.41 Å². The number of alkyl halides is 1. The van der Waals surface area contributed by atoms with Gasteiger partial charge in [0.1, 0.15) is 0 Å². The third-order valence-corrected chi connectivity index (χ3v) is 3.77. The second-order valence-electron chi connectivity index (χ2n) is 4.15. The van der Waals surface area contributed by atoms with Crippen LogP contribution in [-0.2, 0) is 10.2 Å². The van der Waals surface area contributed by atoms with E-state index in [1.165, 1.54) is 5.56 Å². The number of anilines is 1. The van der Waals surface area contributed by atoms with Crippen molar-refractivity contribution in [3.63, 3.8) is 0 Å². The molecule has 0 aliphatic carbocycles. The molecule has 2 nitrogen and oxygen atoms in total. The van der Waals surface area contributed by atoms with Gasteiger partial charge in [-0.2, -0.15) is 0 Å². The number of rotatable bonds is 2. The number of halogens is 1. The summed E-state index contributed by atoms with van der Waals surface area (Å²) in [5.74, 6) is 0.223. The van der Waals surface area contributed by atoms with Crippen molar-refractivity contribution in [3.05, 3.63) is 29.8 Å². The molecule has 2 rings (SSSR count). The Bertz CT molecular complexity index is 404. The van der Waals surface area contributed by atoms with Gasteiger partial charge in [-0.05, 0) is 25.0 Å². The highest BCUT2D eigenvalue weighted by atomic mass is 127. The molecule has 1 aromatic rings. The van der Waals surface area contributed by atoms with Crippen LogP contribution in [0.4, 0.5) is 5.69 Å². The predicted molar refractivity (Wildman–Crippen MR) is 70.7 cm³/mol. The van der Waals surface area contributed by atoms with Gasteiger partial charge in [0.15, 0.2) is 0 Å². The van der Waals surface area contributed by atoms with Gasteiger partial charge in [-0.1, -0.05) is 40.8 Å². The first kappa shape index (κ1) is 10.9. The molecule has 0 radical (unpaired) electrons. The fourth-order valence-corrected chi connectivity index (χ4v) is 3.34. The van der Waals surface area contributed by atoms with Gasteiger partial charge in [-0.3, -0.25) is 4.79 Å². The fraction of sp³-hybridized carbons (Fsp3) is 0.417. The summed E-state index contributed by atoms with van der Waals surface area (Å²) in [6, 6.07) is 8.09. The highest BCUT2D eigenvalue weighted by Crippen LogP contribution is 2.43. The molecule has 3 heteroatoms. The van der Waals surface area contributed by atoms with Crippen molar-refractivity contribution in [1.29, 1.82) is 0 Å². The largest absolute Gasteiger partial charge is 0.314 e. The van der Waals surface area contributed by atoms with Gasteiger partial charge >= 0.3 is 0 Å². The zero-order valence-corrected chi connectivity index (χ0v) is 11.1.